The summed E-state index contributed by atoms with van der Waals surface area (Å²) in [5.41, 5.74) is 0.439. The van der Waals surface area contributed by atoms with E-state index in [0.717, 1.165) is 0 Å². The summed E-state index contributed by atoms with van der Waals surface area (Å²) in [4.78, 5) is 55.4. The third kappa shape index (κ3) is 7.29. The van der Waals surface area contributed by atoms with Gasteiger partial charge in [0.2, 0.25) is 0 Å². The molecule has 0 N–H and O–H groups in total. The summed E-state index contributed by atoms with van der Waals surface area (Å²) in [5.74, 6) is -1.09. The molecule has 10 nitrogen and oxygen atoms in total. The lowest BCUT2D eigenvalue weighted by molar-refractivity contribution is -0.178. The van der Waals surface area contributed by atoms with Crippen LogP contribution in [0.25, 0.3) is 0 Å². The monoisotopic (exact) mass is 594 g/mol. The molecule has 2 aromatic carbocycles. The number of rotatable bonds is 10. The van der Waals surface area contributed by atoms with E-state index in [-0.39, 0.29) is 13.2 Å². The van der Waals surface area contributed by atoms with Gasteiger partial charge in [-0.15, -0.1) is 0 Å². The second-order valence-electron chi connectivity index (χ2n) is 11.4. The Morgan fingerprint density at radius 2 is 1.07 bits per heavy atom. The minimum atomic E-state index is -0.991. The number of carbonyl (C=O) groups excluding carboxylic acids is 4. The Hall–Kier alpha value is -4.08. The van der Waals surface area contributed by atoms with Crippen molar-refractivity contribution in [1.82, 2.24) is 9.80 Å². The van der Waals surface area contributed by atoms with Crippen LogP contribution in [0.1, 0.15) is 76.7 Å². The molecule has 0 aliphatic carbocycles. The van der Waals surface area contributed by atoms with Gasteiger partial charge in [-0.25, -0.2) is 19.2 Å². The van der Waals surface area contributed by atoms with Crippen LogP contribution in [0.3, 0.4) is 0 Å². The molecule has 0 spiro atoms. The summed E-state index contributed by atoms with van der Waals surface area (Å²) in [5, 5.41) is 0. The molecule has 2 fully saturated rings. The van der Waals surface area contributed by atoms with Crippen LogP contribution >= 0.6 is 0 Å². The molecule has 0 aromatic heterocycles. The predicted octanol–water partition coefficient (Wildman–Crippen LogP) is 5.82. The van der Waals surface area contributed by atoms with Gasteiger partial charge in [-0.2, -0.15) is 0 Å². The molecule has 43 heavy (non-hydrogen) atoms. The summed E-state index contributed by atoms with van der Waals surface area (Å²) in [6, 6.07) is 17.0. The number of esters is 2. The first-order valence-electron chi connectivity index (χ1n) is 15.1. The zero-order chi connectivity index (χ0) is 31.0. The highest BCUT2D eigenvalue weighted by Crippen LogP contribution is 2.48. The van der Waals surface area contributed by atoms with Gasteiger partial charge in [-0.1, -0.05) is 74.5 Å². The quantitative estimate of drug-likeness (QED) is 0.250. The maximum Gasteiger partial charge on any atom is 0.410 e. The number of hydrogen-bond acceptors (Lipinski definition) is 8. The Morgan fingerprint density at radius 3 is 1.42 bits per heavy atom. The Balaban J connectivity index is 1.67. The number of ether oxygens (including phenoxy) is 4. The Labute approximate surface area is 253 Å². The van der Waals surface area contributed by atoms with Crippen molar-refractivity contribution < 1.29 is 38.1 Å². The van der Waals surface area contributed by atoms with Crippen LogP contribution < -0.4 is 0 Å². The fourth-order valence-corrected chi connectivity index (χ4v) is 5.95. The standard InChI is InChI=1S/C33H42N2O8/c1-5-40-31(38)34-21-13-19-25(34)29(36)42-27(23-15-9-7-10-16-23)33(3,4)28(24-17-11-8-12-18-24)43-30(37)26-20-14-22-35(26)32(39)41-6-2/h7-12,15-18,25-28H,5-6,13-14,19-22H2,1-4H3/t25-,26?,27+,28+/m0/s1. The van der Waals surface area contributed by atoms with E-state index in [4.69, 9.17) is 18.9 Å². The van der Waals surface area contributed by atoms with Crippen molar-refractivity contribution in [3.63, 3.8) is 0 Å². The Morgan fingerprint density at radius 1 is 0.698 bits per heavy atom. The molecule has 0 bridgehead atoms. The van der Waals surface area contributed by atoms with Gasteiger partial charge in [-0.05, 0) is 50.7 Å². The molecular formula is C33H42N2O8. The Bertz CT molecular complexity index is 1160. The van der Waals surface area contributed by atoms with Crippen LogP contribution in [0, 0.1) is 5.41 Å². The lowest BCUT2D eigenvalue weighted by Gasteiger charge is -2.41. The van der Waals surface area contributed by atoms with Gasteiger partial charge in [0.1, 0.15) is 24.3 Å². The number of benzene rings is 2. The maximum absolute atomic E-state index is 13.7. The molecule has 0 saturated carbocycles. The number of nitrogens with zero attached hydrogens (tertiary/aromatic N) is 2. The van der Waals surface area contributed by atoms with Gasteiger partial charge in [-0.3, -0.25) is 9.80 Å². The normalized spacial score (nSPS) is 19.8. The fourth-order valence-electron chi connectivity index (χ4n) is 5.95. The highest BCUT2D eigenvalue weighted by molar-refractivity contribution is 5.83. The number of hydrogen-bond donors (Lipinski definition) is 0. The minimum absolute atomic E-state index is 0.204. The third-order valence-electron chi connectivity index (χ3n) is 8.08. The largest absolute Gasteiger partial charge is 0.455 e. The van der Waals surface area contributed by atoms with Crippen molar-refractivity contribution in [2.75, 3.05) is 26.3 Å². The van der Waals surface area contributed by atoms with Crippen LogP contribution in [0.4, 0.5) is 9.59 Å². The zero-order valence-corrected chi connectivity index (χ0v) is 25.4. The van der Waals surface area contributed by atoms with E-state index in [0.29, 0.717) is 49.9 Å². The molecule has 2 amide bonds. The number of carbonyl (C=O) groups is 4. The lowest BCUT2D eigenvalue weighted by atomic mass is 9.75. The van der Waals surface area contributed by atoms with Gasteiger partial charge in [0.15, 0.2) is 0 Å². The van der Waals surface area contributed by atoms with Crippen LogP contribution in [0.2, 0.25) is 0 Å². The molecule has 4 atom stereocenters. The smallest absolute Gasteiger partial charge is 0.410 e. The van der Waals surface area contributed by atoms with Crippen molar-refractivity contribution in [1.29, 1.82) is 0 Å². The van der Waals surface area contributed by atoms with Gasteiger partial charge in [0.05, 0.1) is 13.2 Å². The van der Waals surface area contributed by atoms with E-state index < -0.39 is 53.8 Å². The molecule has 2 aliphatic heterocycles. The summed E-state index contributed by atoms with van der Waals surface area (Å²) >= 11 is 0. The molecule has 1 unspecified atom stereocenters. The zero-order valence-electron chi connectivity index (χ0n) is 25.4. The molecule has 2 heterocycles. The van der Waals surface area contributed by atoms with E-state index in [1.165, 1.54) is 9.80 Å². The first-order valence-corrected chi connectivity index (χ1v) is 15.1. The number of amides is 2. The Kier molecular flexibility index (Phi) is 10.7. The molecular weight excluding hydrogens is 552 g/mol. The van der Waals surface area contributed by atoms with Gasteiger partial charge >= 0.3 is 24.1 Å². The van der Waals surface area contributed by atoms with Crippen molar-refractivity contribution >= 4 is 24.1 Å². The van der Waals surface area contributed by atoms with Crippen LogP contribution in [0.15, 0.2) is 60.7 Å². The van der Waals surface area contributed by atoms with Gasteiger partial charge in [0, 0.05) is 18.5 Å². The average Bonchev–Trinajstić information content (AvgIpc) is 3.70. The van der Waals surface area contributed by atoms with E-state index >= 15 is 0 Å². The number of likely N-dealkylation sites (tertiary alicyclic amines) is 2. The first kappa shape index (κ1) is 31.8. The average molecular weight is 595 g/mol. The van der Waals surface area contributed by atoms with Crippen molar-refractivity contribution in [2.24, 2.45) is 5.41 Å². The molecule has 232 valence electrons. The molecule has 4 rings (SSSR count). The molecule has 2 aliphatic rings. The highest BCUT2D eigenvalue weighted by atomic mass is 16.6. The summed E-state index contributed by atoms with van der Waals surface area (Å²) in [6.45, 7) is 8.43. The minimum Gasteiger partial charge on any atom is -0.455 e. The second-order valence-corrected chi connectivity index (χ2v) is 11.4. The summed E-state index contributed by atoms with van der Waals surface area (Å²) in [6.07, 6.45) is -0.569. The van der Waals surface area contributed by atoms with Crippen molar-refractivity contribution in [3.05, 3.63) is 71.8 Å². The maximum atomic E-state index is 13.7. The second kappa shape index (κ2) is 14.4. The SMILES string of the molecule is CCOC(=O)N1CCCC1C(=O)O[C@H](c1ccccc1)C(C)(C)[C@H](OC(=O)[C@@H]1CCCN1C(=O)OCC)c1ccccc1. The van der Waals surface area contributed by atoms with Gasteiger partial charge in [0.25, 0.3) is 0 Å². The molecule has 0 radical (unpaired) electrons. The van der Waals surface area contributed by atoms with Crippen LogP contribution in [-0.2, 0) is 28.5 Å². The fraction of sp³-hybridized carbons (Fsp3) is 0.515. The first-order chi connectivity index (χ1) is 20.7. The molecule has 2 saturated heterocycles. The van der Waals surface area contributed by atoms with Crippen molar-refractivity contribution in [2.45, 2.75) is 77.7 Å². The predicted molar refractivity (Wildman–Crippen MR) is 158 cm³/mol. The highest BCUT2D eigenvalue weighted by Gasteiger charge is 2.47. The van der Waals surface area contributed by atoms with Gasteiger partial charge < -0.3 is 18.9 Å². The van der Waals surface area contributed by atoms with E-state index in [1.54, 1.807) is 13.8 Å². The van der Waals surface area contributed by atoms with E-state index in [1.807, 2.05) is 74.5 Å². The topological polar surface area (TPSA) is 112 Å². The summed E-state index contributed by atoms with van der Waals surface area (Å²) in [7, 11) is 0. The molecule has 10 heteroatoms. The third-order valence-corrected chi connectivity index (χ3v) is 8.08. The lowest BCUT2D eigenvalue weighted by Crippen LogP contribution is -2.45. The van der Waals surface area contributed by atoms with Crippen LogP contribution in [-0.4, -0.2) is 72.3 Å². The van der Waals surface area contributed by atoms with Crippen molar-refractivity contribution in [3.8, 4) is 0 Å². The van der Waals surface area contributed by atoms with E-state index in [2.05, 4.69) is 0 Å². The summed E-state index contributed by atoms with van der Waals surface area (Å²) < 4.78 is 22.9. The van der Waals surface area contributed by atoms with Crippen LogP contribution in [0.5, 0.6) is 0 Å². The van der Waals surface area contributed by atoms with E-state index in [9.17, 15) is 19.2 Å². The molecule has 2 aromatic rings.